The highest BCUT2D eigenvalue weighted by molar-refractivity contribution is 7.86. The van der Waals surface area contributed by atoms with E-state index in [0.717, 1.165) is 45.6 Å². The standard InChI is InChI=1S/C21H39N5O5S/c1-23-12-14-24(15-13-23)8-3-7-22-20(27)19-4-2-9-26(18-19)32(28,29)25-10-5-21(6-11-25)30-16-17-31-21/h19H,2-18H2,1H3,(H,22,27)/t19-/m0/s1. The van der Waals surface area contributed by atoms with E-state index >= 15 is 0 Å². The van der Waals surface area contributed by atoms with Crippen molar-refractivity contribution in [1.29, 1.82) is 0 Å². The van der Waals surface area contributed by atoms with E-state index in [9.17, 15) is 13.2 Å². The first-order valence-electron chi connectivity index (χ1n) is 12.1. The Kier molecular flexibility index (Phi) is 8.07. The van der Waals surface area contributed by atoms with Crippen molar-refractivity contribution in [2.45, 2.75) is 37.9 Å². The summed E-state index contributed by atoms with van der Waals surface area (Å²) in [7, 11) is -1.43. The van der Waals surface area contributed by atoms with Crippen molar-refractivity contribution in [3.05, 3.63) is 0 Å². The fourth-order valence-electron chi connectivity index (χ4n) is 5.10. The molecule has 0 aromatic rings. The maximum Gasteiger partial charge on any atom is 0.282 e. The van der Waals surface area contributed by atoms with Gasteiger partial charge in [0, 0.05) is 71.7 Å². The van der Waals surface area contributed by atoms with Crippen LogP contribution in [0.2, 0.25) is 0 Å². The third kappa shape index (κ3) is 5.81. The lowest BCUT2D eigenvalue weighted by atomic mass is 9.99. The van der Waals surface area contributed by atoms with Crippen LogP contribution in [-0.4, -0.2) is 124 Å². The van der Waals surface area contributed by atoms with E-state index in [1.54, 1.807) is 0 Å². The molecule has 1 amide bonds. The second-order valence-electron chi connectivity index (χ2n) is 9.50. The zero-order valence-electron chi connectivity index (χ0n) is 19.3. The smallest absolute Gasteiger partial charge is 0.282 e. The number of piperazine rings is 1. The Bertz CT molecular complexity index is 727. The molecule has 0 bridgehead atoms. The van der Waals surface area contributed by atoms with Crippen LogP contribution in [0.1, 0.15) is 32.1 Å². The topological polar surface area (TPSA) is 94.7 Å². The van der Waals surface area contributed by atoms with Gasteiger partial charge in [0.25, 0.3) is 10.2 Å². The van der Waals surface area contributed by atoms with Gasteiger partial charge in [-0.1, -0.05) is 0 Å². The number of likely N-dealkylation sites (N-methyl/N-ethyl adjacent to an activating group) is 1. The summed E-state index contributed by atoms with van der Waals surface area (Å²) in [5.74, 6) is -0.895. The van der Waals surface area contributed by atoms with Crippen molar-refractivity contribution in [2.24, 2.45) is 5.92 Å². The fourth-order valence-corrected chi connectivity index (χ4v) is 6.80. The first-order valence-corrected chi connectivity index (χ1v) is 13.5. The number of hydrogen-bond donors (Lipinski definition) is 1. The highest BCUT2D eigenvalue weighted by atomic mass is 32.2. The molecule has 4 rings (SSSR count). The highest BCUT2D eigenvalue weighted by Gasteiger charge is 2.44. The zero-order valence-corrected chi connectivity index (χ0v) is 20.2. The molecule has 0 radical (unpaired) electrons. The second-order valence-corrected chi connectivity index (χ2v) is 11.4. The second kappa shape index (κ2) is 10.6. The Hall–Kier alpha value is -0.820. The van der Waals surface area contributed by atoms with Gasteiger partial charge in [-0.05, 0) is 32.9 Å². The summed E-state index contributed by atoms with van der Waals surface area (Å²) < 4.78 is 40.8. The van der Waals surface area contributed by atoms with Gasteiger partial charge >= 0.3 is 0 Å². The average Bonchev–Trinajstić information content (AvgIpc) is 3.26. The zero-order chi connectivity index (χ0) is 22.6. The lowest BCUT2D eigenvalue weighted by Crippen LogP contribution is -2.54. The average molecular weight is 474 g/mol. The number of ether oxygens (including phenoxy) is 2. The molecule has 4 aliphatic rings. The molecule has 1 atom stereocenters. The summed E-state index contributed by atoms with van der Waals surface area (Å²) in [5.41, 5.74) is 0. The minimum Gasteiger partial charge on any atom is -0.356 e. The molecule has 1 spiro atoms. The molecular weight excluding hydrogens is 434 g/mol. The molecule has 10 nitrogen and oxygen atoms in total. The van der Waals surface area contributed by atoms with Crippen LogP contribution in [0.5, 0.6) is 0 Å². The Morgan fingerprint density at radius 2 is 1.69 bits per heavy atom. The van der Waals surface area contributed by atoms with Crippen molar-refractivity contribution in [3.8, 4) is 0 Å². The maximum atomic E-state index is 13.2. The van der Waals surface area contributed by atoms with Crippen molar-refractivity contribution < 1.29 is 22.7 Å². The number of hydrogen-bond acceptors (Lipinski definition) is 7. The van der Waals surface area contributed by atoms with Crippen LogP contribution in [0, 0.1) is 5.92 Å². The van der Waals surface area contributed by atoms with Gasteiger partial charge < -0.3 is 24.6 Å². The molecule has 11 heteroatoms. The van der Waals surface area contributed by atoms with Gasteiger partial charge in [-0.3, -0.25) is 4.79 Å². The molecule has 0 saturated carbocycles. The van der Waals surface area contributed by atoms with Crippen LogP contribution in [0.4, 0.5) is 0 Å². The van der Waals surface area contributed by atoms with Gasteiger partial charge in [-0.2, -0.15) is 17.0 Å². The number of carbonyl (C=O) groups excluding carboxylic acids is 1. The number of rotatable bonds is 7. The minimum absolute atomic E-state index is 0.0198. The number of piperidine rings is 2. The van der Waals surface area contributed by atoms with Crippen LogP contribution in [-0.2, 0) is 24.5 Å². The Labute approximate surface area is 192 Å². The molecule has 32 heavy (non-hydrogen) atoms. The molecule has 4 fully saturated rings. The number of amides is 1. The molecule has 4 aliphatic heterocycles. The van der Waals surface area contributed by atoms with Gasteiger partial charge in [-0.15, -0.1) is 0 Å². The van der Waals surface area contributed by atoms with Crippen LogP contribution in [0.15, 0.2) is 0 Å². The Balaban J connectivity index is 1.20. The molecule has 0 unspecified atom stereocenters. The number of nitrogens with zero attached hydrogens (tertiary/aromatic N) is 4. The quantitative estimate of drug-likeness (QED) is 0.500. The van der Waals surface area contributed by atoms with E-state index in [-0.39, 0.29) is 18.4 Å². The number of carbonyl (C=O) groups is 1. The first kappa shape index (κ1) is 24.3. The van der Waals surface area contributed by atoms with Crippen molar-refractivity contribution in [2.75, 3.05) is 85.7 Å². The lowest BCUT2D eigenvalue weighted by molar-refractivity contribution is -0.179. The van der Waals surface area contributed by atoms with Gasteiger partial charge in [-0.25, -0.2) is 0 Å². The third-order valence-electron chi connectivity index (χ3n) is 7.25. The fraction of sp³-hybridized carbons (Fsp3) is 0.952. The summed E-state index contributed by atoms with van der Waals surface area (Å²) in [6.07, 6.45) is 3.47. The molecule has 0 aromatic carbocycles. The molecular formula is C21H39N5O5S. The third-order valence-corrected chi connectivity index (χ3v) is 9.25. The Morgan fingerprint density at radius 3 is 2.38 bits per heavy atom. The van der Waals surface area contributed by atoms with Crippen LogP contribution in [0.25, 0.3) is 0 Å². The minimum atomic E-state index is -3.58. The molecule has 0 aliphatic carbocycles. The van der Waals surface area contributed by atoms with Gasteiger partial charge in [0.1, 0.15) is 0 Å². The maximum absolute atomic E-state index is 13.2. The highest BCUT2D eigenvalue weighted by Crippen LogP contribution is 2.33. The van der Waals surface area contributed by atoms with E-state index in [2.05, 4.69) is 22.2 Å². The molecule has 1 N–H and O–H groups in total. The number of nitrogens with one attached hydrogen (secondary N) is 1. The monoisotopic (exact) mass is 473 g/mol. The predicted molar refractivity (Wildman–Crippen MR) is 120 cm³/mol. The SMILES string of the molecule is CN1CCN(CCCNC(=O)[C@H]2CCCN(S(=O)(=O)N3CCC4(CC3)OCCO4)C2)CC1. The van der Waals surface area contributed by atoms with E-state index < -0.39 is 16.0 Å². The largest absolute Gasteiger partial charge is 0.356 e. The van der Waals surface area contributed by atoms with E-state index in [1.807, 2.05) is 0 Å². The Morgan fingerprint density at radius 1 is 1.00 bits per heavy atom. The van der Waals surface area contributed by atoms with E-state index in [1.165, 1.54) is 8.61 Å². The molecule has 4 saturated heterocycles. The van der Waals surface area contributed by atoms with Gasteiger partial charge in [0.15, 0.2) is 5.79 Å². The van der Waals surface area contributed by atoms with Crippen molar-refractivity contribution >= 4 is 16.1 Å². The summed E-state index contributed by atoms with van der Waals surface area (Å²) in [6, 6.07) is 0. The van der Waals surface area contributed by atoms with Gasteiger partial charge in [0.2, 0.25) is 5.91 Å². The lowest BCUT2D eigenvalue weighted by Gasteiger charge is -2.40. The van der Waals surface area contributed by atoms with E-state index in [4.69, 9.17) is 9.47 Å². The summed E-state index contributed by atoms with van der Waals surface area (Å²) >= 11 is 0. The first-order chi connectivity index (χ1) is 15.4. The van der Waals surface area contributed by atoms with Crippen molar-refractivity contribution in [1.82, 2.24) is 23.7 Å². The molecule has 4 heterocycles. The summed E-state index contributed by atoms with van der Waals surface area (Å²) in [6.45, 7) is 8.65. The van der Waals surface area contributed by atoms with Crippen LogP contribution >= 0.6 is 0 Å². The normalized spacial score (nSPS) is 28.8. The van der Waals surface area contributed by atoms with E-state index in [0.29, 0.717) is 58.7 Å². The van der Waals surface area contributed by atoms with Crippen LogP contribution in [0.3, 0.4) is 0 Å². The van der Waals surface area contributed by atoms with Gasteiger partial charge in [0.05, 0.1) is 19.1 Å². The van der Waals surface area contributed by atoms with Crippen LogP contribution < -0.4 is 5.32 Å². The van der Waals surface area contributed by atoms with Crippen molar-refractivity contribution in [3.63, 3.8) is 0 Å². The predicted octanol–water partition coefficient (Wildman–Crippen LogP) is -0.464. The summed E-state index contributed by atoms with van der Waals surface area (Å²) in [5, 5.41) is 3.04. The molecule has 184 valence electrons. The molecule has 0 aromatic heterocycles. The summed E-state index contributed by atoms with van der Waals surface area (Å²) in [4.78, 5) is 17.5.